The molecule has 0 saturated carbocycles. The highest BCUT2D eigenvalue weighted by Gasteiger charge is 2.16. The van der Waals surface area contributed by atoms with Gasteiger partial charge in [0.05, 0.1) is 0 Å². The number of amides is 1. The molecule has 1 heterocycles. The molecule has 0 aliphatic carbocycles. The van der Waals surface area contributed by atoms with Crippen LogP contribution >= 0.6 is 22.9 Å². The SMILES string of the molecule is CC(C)C(=O)Nc1ccc(C(=O)COC(=O)c2csc(-c3cccc(Cl)c3)n2)cc1. The maximum Gasteiger partial charge on any atom is 0.358 e. The van der Waals surface area contributed by atoms with E-state index in [1.54, 1.807) is 61.7 Å². The van der Waals surface area contributed by atoms with E-state index in [1.807, 2.05) is 6.07 Å². The van der Waals surface area contributed by atoms with Crippen LogP contribution in [0.25, 0.3) is 10.6 Å². The molecule has 154 valence electrons. The summed E-state index contributed by atoms with van der Waals surface area (Å²) in [4.78, 5) is 40.5. The summed E-state index contributed by atoms with van der Waals surface area (Å²) in [5, 5.41) is 5.54. The van der Waals surface area contributed by atoms with Gasteiger partial charge < -0.3 is 10.1 Å². The third kappa shape index (κ3) is 5.52. The standard InChI is InChI=1S/C22H19ClN2O4S/c1-13(2)20(27)24-17-8-6-14(7-9-17)19(26)11-29-22(28)18-12-30-21(25-18)15-4-3-5-16(23)10-15/h3-10,12-13H,11H2,1-2H3,(H,24,27). The lowest BCUT2D eigenvalue weighted by molar-refractivity contribution is -0.118. The second-order valence-electron chi connectivity index (χ2n) is 6.77. The van der Waals surface area contributed by atoms with E-state index in [1.165, 1.54) is 11.3 Å². The number of ether oxygens (including phenoxy) is 1. The van der Waals surface area contributed by atoms with Gasteiger partial charge in [0.25, 0.3) is 0 Å². The van der Waals surface area contributed by atoms with E-state index in [4.69, 9.17) is 16.3 Å². The summed E-state index contributed by atoms with van der Waals surface area (Å²) in [7, 11) is 0. The molecule has 1 N–H and O–H groups in total. The van der Waals surface area contributed by atoms with Crippen molar-refractivity contribution in [2.24, 2.45) is 5.92 Å². The number of esters is 1. The number of carbonyl (C=O) groups is 3. The zero-order valence-electron chi connectivity index (χ0n) is 16.3. The molecule has 0 bridgehead atoms. The number of halogens is 1. The topological polar surface area (TPSA) is 85.4 Å². The molecule has 0 saturated heterocycles. The van der Waals surface area contributed by atoms with Gasteiger partial charge in [-0.3, -0.25) is 9.59 Å². The molecule has 3 rings (SSSR count). The Hall–Kier alpha value is -3.03. The van der Waals surface area contributed by atoms with Crippen LogP contribution in [0.3, 0.4) is 0 Å². The minimum atomic E-state index is -0.673. The molecule has 0 unspecified atom stereocenters. The van der Waals surface area contributed by atoms with Crippen molar-refractivity contribution in [3.05, 3.63) is 70.2 Å². The molecule has 0 radical (unpaired) electrons. The highest BCUT2D eigenvalue weighted by Crippen LogP contribution is 2.26. The minimum Gasteiger partial charge on any atom is -0.453 e. The van der Waals surface area contributed by atoms with Crippen LogP contribution in [0.4, 0.5) is 5.69 Å². The number of thiazole rings is 1. The Kier molecular flexibility index (Phi) is 6.97. The second-order valence-corrected chi connectivity index (χ2v) is 8.06. The van der Waals surface area contributed by atoms with Crippen molar-refractivity contribution in [2.45, 2.75) is 13.8 Å². The summed E-state index contributed by atoms with van der Waals surface area (Å²) in [5.74, 6) is -1.27. The van der Waals surface area contributed by atoms with Gasteiger partial charge in [0.1, 0.15) is 5.01 Å². The number of aromatic nitrogens is 1. The van der Waals surface area contributed by atoms with Gasteiger partial charge in [-0.25, -0.2) is 9.78 Å². The summed E-state index contributed by atoms with van der Waals surface area (Å²) in [6, 6.07) is 13.6. The Morgan fingerprint density at radius 2 is 1.87 bits per heavy atom. The molecule has 0 spiro atoms. The largest absolute Gasteiger partial charge is 0.453 e. The number of hydrogen-bond acceptors (Lipinski definition) is 6. The molecule has 8 heteroatoms. The van der Waals surface area contributed by atoms with Crippen LogP contribution in [0.15, 0.2) is 53.9 Å². The Morgan fingerprint density at radius 1 is 1.13 bits per heavy atom. The van der Waals surface area contributed by atoms with Crippen LogP contribution in [0.5, 0.6) is 0 Å². The van der Waals surface area contributed by atoms with Crippen LogP contribution in [-0.4, -0.2) is 29.3 Å². The van der Waals surface area contributed by atoms with Gasteiger partial charge in [0, 0.05) is 33.1 Å². The Balaban J connectivity index is 1.57. The van der Waals surface area contributed by atoms with Gasteiger partial charge in [-0.1, -0.05) is 37.6 Å². The fraction of sp³-hybridized carbons (Fsp3) is 0.182. The Morgan fingerprint density at radius 3 is 2.53 bits per heavy atom. The van der Waals surface area contributed by atoms with Gasteiger partial charge in [-0.05, 0) is 36.4 Å². The molecule has 1 amide bonds. The Bertz CT molecular complexity index is 1080. The zero-order valence-corrected chi connectivity index (χ0v) is 17.9. The molecule has 30 heavy (non-hydrogen) atoms. The van der Waals surface area contributed by atoms with Gasteiger partial charge in [-0.15, -0.1) is 11.3 Å². The van der Waals surface area contributed by atoms with E-state index >= 15 is 0 Å². The van der Waals surface area contributed by atoms with E-state index in [0.29, 0.717) is 21.3 Å². The van der Waals surface area contributed by atoms with Crippen LogP contribution in [0.1, 0.15) is 34.7 Å². The first-order valence-electron chi connectivity index (χ1n) is 9.16. The van der Waals surface area contributed by atoms with E-state index in [-0.39, 0.29) is 23.3 Å². The number of hydrogen-bond donors (Lipinski definition) is 1. The minimum absolute atomic E-state index is 0.108. The first-order chi connectivity index (χ1) is 14.3. The third-order valence-corrected chi connectivity index (χ3v) is 5.24. The second kappa shape index (κ2) is 9.65. The average molecular weight is 443 g/mol. The molecule has 2 aromatic carbocycles. The number of Topliss-reactive ketones (excluding diaryl/α,β-unsaturated/α-hetero) is 1. The van der Waals surface area contributed by atoms with Crippen LogP contribution in [0, 0.1) is 5.92 Å². The lowest BCUT2D eigenvalue weighted by Gasteiger charge is -2.08. The van der Waals surface area contributed by atoms with Crippen molar-refractivity contribution < 1.29 is 19.1 Å². The van der Waals surface area contributed by atoms with Crippen molar-refractivity contribution in [3.8, 4) is 10.6 Å². The van der Waals surface area contributed by atoms with Gasteiger partial charge >= 0.3 is 5.97 Å². The highest BCUT2D eigenvalue weighted by molar-refractivity contribution is 7.13. The van der Waals surface area contributed by atoms with E-state index < -0.39 is 12.6 Å². The monoisotopic (exact) mass is 442 g/mol. The first kappa shape index (κ1) is 21.7. The summed E-state index contributed by atoms with van der Waals surface area (Å²) in [6.07, 6.45) is 0. The third-order valence-electron chi connectivity index (χ3n) is 4.12. The van der Waals surface area contributed by atoms with Crippen molar-refractivity contribution >= 4 is 46.3 Å². The van der Waals surface area contributed by atoms with Crippen LogP contribution in [-0.2, 0) is 9.53 Å². The maximum atomic E-state index is 12.3. The number of benzene rings is 2. The quantitative estimate of drug-likeness (QED) is 0.406. The predicted molar refractivity (Wildman–Crippen MR) is 117 cm³/mol. The highest BCUT2D eigenvalue weighted by atomic mass is 35.5. The molecule has 0 atom stereocenters. The number of nitrogens with zero attached hydrogens (tertiary/aromatic N) is 1. The zero-order chi connectivity index (χ0) is 21.7. The molecule has 0 aliphatic rings. The van der Waals surface area contributed by atoms with Crippen LogP contribution < -0.4 is 5.32 Å². The summed E-state index contributed by atoms with van der Waals surface area (Å²) in [6.45, 7) is 3.18. The average Bonchev–Trinajstić information content (AvgIpc) is 3.22. The molecular weight excluding hydrogens is 424 g/mol. The maximum absolute atomic E-state index is 12.3. The number of rotatable bonds is 7. The molecular formula is C22H19ClN2O4S. The number of ketones is 1. The molecule has 6 nitrogen and oxygen atoms in total. The van der Waals surface area contributed by atoms with Crippen molar-refractivity contribution in [3.63, 3.8) is 0 Å². The molecule has 1 aromatic heterocycles. The summed E-state index contributed by atoms with van der Waals surface area (Å²) >= 11 is 7.27. The summed E-state index contributed by atoms with van der Waals surface area (Å²) in [5.41, 5.74) is 1.91. The number of carbonyl (C=O) groups excluding carboxylic acids is 3. The van der Waals surface area contributed by atoms with Gasteiger partial charge in [0.15, 0.2) is 18.1 Å². The fourth-order valence-corrected chi connectivity index (χ4v) is 3.41. The predicted octanol–water partition coefficient (Wildman–Crippen LogP) is 5.10. The van der Waals surface area contributed by atoms with Crippen molar-refractivity contribution in [1.29, 1.82) is 0 Å². The lowest BCUT2D eigenvalue weighted by Crippen LogP contribution is -2.18. The van der Waals surface area contributed by atoms with E-state index in [9.17, 15) is 14.4 Å². The molecule has 0 aliphatic heterocycles. The number of nitrogens with one attached hydrogen (secondary N) is 1. The van der Waals surface area contributed by atoms with Crippen molar-refractivity contribution in [1.82, 2.24) is 4.98 Å². The van der Waals surface area contributed by atoms with Crippen LogP contribution in [0.2, 0.25) is 5.02 Å². The van der Waals surface area contributed by atoms with E-state index in [2.05, 4.69) is 10.3 Å². The van der Waals surface area contributed by atoms with E-state index in [0.717, 1.165) is 5.56 Å². The molecule has 0 fully saturated rings. The number of anilines is 1. The summed E-state index contributed by atoms with van der Waals surface area (Å²) < 4.78 is 5.10. The Labute approximate surface area is 182 Å². The first-order valence-corrected chi connectivity index (χ1v) is 10.4. The van der Waals surface area contributed by atoms with Gasteiger partial charge in [-0.2, -0.15) is 0 Å². The van der Waals surface area contributed by atoms with Crippen molar-refractivity contribution in [2.75, 3.05) is 11.9 Å². The smallest absolute Gasteiger partial charge is 0.358 e. The normalized spacial score (nSPS) is 10.7. The molecule has 3 aromatic rings. The van der Waals surface area contributed by atoms with Gasteiger partial charge in [0.2, 0.25) is 5.91 Å². The lowest BCUT2D eigenvalue weighted by atomic mass is 10.1. The fourth-order valence-electron chi connectivity index (χ4n) is 2.44.